The molecule has 0 radical (unpaired) electrons. The Morgan fingerprint density at radius 2 is 1.95 bits per heavy atom. The minimum Gasteiger partial charge on any atom is -0.371 e. The van der Waals surface area contributed by atoms with Gasteiger partial charge in [0.25, 0.3) is 0 Å². The van der Waals surface area contributed by atoms with Crippen LogP contribution >= 0.6 is 11.6 Å². The predicted molar refractivity (Wildman–Crippen MR) is 78.9 cm³/mol. The van der Waals surface area contributed by atoms with Crippen molar-refractivity contribution in [2.24, 2.45) is 0 Å². The molecule has 4 heteroatoms. The maximum absolute atomic E-state index is 12.4. The Labute approximate surface area is 124 Å². The largest absolute Gasteiger partial charge is 0.371 e. The number of carbonyl (C=O) groups is 1. The highest BCUT2D eigenvalue weighted by Crippen LogP contribution is 2.35. The molecule has 3 rings (SSSR count). The number of morpholine rings is 1. The van der Waals surface area contributed by atoms with Crippen LogP contribution in [0, 0.1) is 0 Å². The standard InChI is InChI=1S/C16H20ClNO2/c17-14-5-3-13(4-6-14)11-15(19)18-9-10-20-16(12-18)7-1-2-8-16/h3-6H,1-2,7-12H2. The van der Waals surface area contributed by atoms with Gasteiger partial charge in [-0.1, -0.05) is 36.6 Å². The van der Waals surface area contributed by atoms with Crippen LogP contribution in [0.25, 0.3) is 0 Å². The lowest BCUT2D eigenvalue weighted by Crippen LogP contribution is -2.52. The molecule has 1 aromatic carbocycles. The summed E-state index contributed by atoms with van der Waals surface area (Å²) in [7, 11) is 0. The molecule has 1 spiro atoms. The predicted octanol–water partition coefficient (Wildman–Crippen LogP) is 3.05. The van der Waals surface area contributed by atoms with Gasteiger partial charge in [0.1, 0.15) is 0 Å². The van der Waals surface area contributed by atoms with E-state index < -0.39 is 0 Å². The molecule has 1 aromatic rings. The van der Waals surface area contributed by atoms with Gasteiger partial charge < -0.3 is 9.64 Å². The number of amides is 1. The lowest BCUT2D eigenvalue weighted by atomic mass is 9.99. The fourth-order valence-electron chi connectivity index (χ4n) is 3.27. The highest BCUT2D eigenvalue weighted by molar-refractivity contribution is 6.30. The van der Waals surface area contributed by atoms with Gasteiger partial charge in [-0.05, 0) is 30.5 Å². The lowest BCUT2D eigenvalue weighted by molar-refractivity contribution is -0.149. The smallest absolute Gasteiger partial charge is 0.227 e. The van der Waals surface area contributed by atoms with Crippen LogP contribution in [0.3, 0.4) is 0 Å². The minimum absolute atomic E-state index is 0.0477. The van der Waals surface area contributed by atoms with Gasteiger partial charge in [-0.25, -0.2) is 0 Å². The van der Waals surface area contributed by atoms with Crippen molar-refractivity contribution in [2.75, 3.05) is 19.7 Å². The number of carbonyl (C=O) groups excluding carboxylic acids is 1. The van der Waals surface area contributed by atoms with E-state index in [4.69, 9.17) is 16.3 Å². The van der Waals surface area contributed by atoms with Crippen molar-refractivity contribution in [1.82, 2.24) is 4.90 Å². The zero-order valence-corrected chi connectivity index (χ0v) is 12.4. The van der Waals surface area contributed by atoms with Gasteiger partial charge in [0.2, 0.25) is 5.91 Å². The number of hydrogen-bond acceptors (Lipinski definition) is 2. The molecule has 0 bridgehead atoms. The second-order valence-electron chi connectivity index (χ2n) is 5.86. The summed E-state index contributed by atoms with van der Waals surface area (Å²) in [6.07, 6.45) is 5.08. The zero-order chi connectivity index (χ0) is 14.0. The first-order chi connectivity index (χ1) is 9.67. The SMILES string of the molecule is O=C(Cc1ccc(Cl)cc1)N1CCOC2(CCCC2)C1. The first kappa shape index (κ1) is 13.9. The summed E-state index contributed by atoms with van der Waals surface area (Å²) < 4.78 is 5.96. The molecular formula is C16H20ClNO2. The summed E-state index contributed by atoms with van der Waals surface area (Å²) in [6, 6.07) is 7.52. The molecule has 1 saturated heterocycles. The van der Waals surface area contributed by atoms with E-state index in [2.05, 4.69) is 0 Å². The zero-order valence-electron chi connectivity index (χ0n) is 11.6. The van der Waals surface area contributed by atoms with E-state index in [1.165, 1.54) is 12.8 Å². The molecule has 20 heavy (non-hydrogen) atoms. The molecule has 1 amide bonds. The third-order valence-corrected chi connectivity index (χ3v) is 4.64. The van der Waals surface area contributed by atoms with Crippen LogP contribution in [0.5, 0.6) is 0 Å². The van der Waals surface area contributed by atoms with Crippen LogP contribution in [0.15, 0.2) is 24.3 Å². The summed E-state index contributed by atoms with van der Waals surface area (Å²) in [4.78, 5) is 14.4. The third-order valence-electron chi connectivity index (χ3n) is 4.38. The van der Waals surface area contributed by atoms with Crippen LogP contribution in [0.4, 0.5) is 0 Å². The van der Waals surface area contributed by atoms with Gasteiger partial charge in [0.15, 0.2) is 0 Å². The van der Waals surface area contributed by atoms with E-state index in [1.807, 2.05) is 29.2 Å². The van der Waals surface area contributed by atoms with Crippen molar-refractivity contribution >= 4 is 17.5 Å². The highest BCUT2D eigenvalue weighted by Gasteiger charge is 2.40. The van der Waals surface area contributed by atoms with E-state index in [1.54, 1.807) is 0 Å². The van der Waals surface area contributed by atoms with Gasteiger partial charge in [-0.15, -0.1) is 0 Å². The summed E-state index contributed by atoms with van der Waals surface area (Å²) in [5, 5.41) is 0.706. The molecule has 2 aliphatic rings. The fraction of sp³-hybridized carbons (Fsp3) is 0.562. The number of nitrogens with zero attached hydrogens (tertiary/aromatic N) is 1. The number of ether oxygens (including phenoxy) is 1. The van der Waals surface area contributed by atoms with Crippen LogP contribution < -0.4 is 0 Å². The molecule has 1 saturated carbocycles. The number of benzene rings is 1. The first-order valence-electron chi connectivity index (χ1n) is 7.33. The Morgan fingerprint density at radius 1 is 1.25 bits per heavy atom. The maximum atomic E-state index is 12.4. The highest BCUT2D eigenvalue weighted by atomic mass is 35.5. The molecule has 2 fully saturated rings. The second-order valence-corrected chi connectivity index (χ2v) is 6.29. The fourth-order valence-corrected chi connectivity index (χ4v) is 3.39. The van der Waals surface area contributed by atoms with Gasteiger partial charge in [-0.2, -0.15) is 0 Å². The Bertz CT molecular complexity index is 480. The van der Waals surface area contributed by atoms with Crippen molar-refractivity contribution in [1.29, 1.82) is 0 Å². The molecule has 1 aliphatic carbocycles. The van der Waals surface area contributed by atoms with Crippen molar-refractivity contribution in [3.63, 3.8) is 0 Å². The van der Waals surface area contributed by atoms with Gasteiger partial charge in [0.05, 0.1) is 18.6 Å². The van der Waals surface area contributed by atoms with Crippen LogP contribution in [0.2, 0.25) is 5.02 Å². The first-order valence-corrected chi connectivity index (χ1v) is 7.71. The molecular weight excluding hydrogens is 274 g/mol. The Kier molecular flexibility index (Phi) is 3.99. The topological polar surface area (TPSA) is 29.5 Å². The van der Waals surface area contributed by atoms with Crippen molar-refractivity contribution in [2.45, 2.75) is 37.7 Å². The maximum Gasteiger partial charge on any atom is 0.227 e. The Morgan fingerprint density at radius 3 is 2.65 bits per heavy atom. The third kappa shape index (κ3) is 2.99. The lowest BCUT2D eigenvalue weighted by Gasteiger charge is -2.40. The van der Waals surface area contributed by atoms with Crippen LogP contribution in [-0.2, 0) is 16.0 Å². The average molecular weight is 294 g/mol. The number of hydrogen-bond donors (Lipinski definition) is 0. The summed E-state index contributed by atoms with van der Waals surface area (Å²) in [5.41, 5.74) is 0.972. The second kappa shape index (κ2) is 5.74. The quantitative estimate of drug-likeness (QED) is 0.839. The molecule has 0 N–H and O–H groups in total. The average Bonchev–Trinajstić information content (AvgIpc) is 2.89. The van der Waals surface area contributed by atoms with E-state index in [-0.39, 0.29) is 11.5 Å². The summed E-state index contributed by atoms with van der Waals surface area (Å²) in [6.45, 7) is 2.15. The molecule has 1 heterocycles. The molecule has 0 unspecified atom stereocenters. The van der Waals surface area contributed by atoms with Crippen molar-refractivity contribution in [3.05, 3.63) is 34.9 Å². The van der Waals surface area contributed by atoms with E-state index in [0.717, 1.165) is 24.9 Å². The van der Waals surface area contributed by atoms with Gasteiger partial charge >= 0.3 is 0 Å². The van der Waals surface area contributed by atoms with Crippen molar-refractivity contribution < 1.29 is 9.53 Å². The molecule has 3 nitrogen and oxygen atoms in total. The Balaban J connectivity index is 1.63. The van der Waals surface area contributed by atoms with Crippen LogP contribution in [-0.4, -0.2) is 36.1 Å². The van der Waals surface area contributed by atoms with E-state index >= 15 is 0 Å². The van der Waals surface area contributed by atoms with Crippen molar-refractivity contribution in [3.8, 4) is 0 Å². The Hall–Kier alpha value is -1.06. The van der Waals surface area contributed by atoms with E-state index in [9.17, 15) is 4.79 Å². The van der Waals surface area contributed by atoms with Gasteiger partial charge in [0, 0.05) is 18.1 Å². The molecule has 1 aliphatic heterocycles. The summed E-state index contributed by atoms with van der Waals surface area (Å²) >= 11 is 5.87. The summed E-state index contributed by atoms with van der Waals surface area (Å²) in [5.74, 6) is 0.196. The minimum atomic E-state index is -0.0477. The monoisotopic (exact) mass is 293 g/mol. The normalized spacial score (nSPS) is 21.4. The van der Waals surface area contributed by atoms with Gasteiger partial charge in [-0.3, -0.25) is 4.79 Å². The van der Waals surface area contributed by atoms with Crippen LogP contribution in [0.1, 0.15) is 31.2 Å². The number of rotatable bonds is 2. The van der Waals surface area contributed by atoms with E-state index in [0.29, 0.717) is 24.6 Å². The number of halogens is 1. The molecule has 0 atom stereocenters. The molecule has 108 valence electrons. The molecule has 0 aromatic heterocycles.